The van der Waals surface area contributed by atoms with Crippen LogP contribution >= 0.6 is 0 Å². The highest BCUT2D eigenvalue weighted by molar-refractivity contribution is 5.60. The molecule has 110 valence electrons. The molecule has 1 N–H and O–H groups in total. The van der Waals surface area contributed by atoms with Gasteiger partial charge >= 0.3 is 0 Å². The maximum absolute atomic E-state index is 5.45. The highest BCUT2D eigenvalue weighted by atomic mass is 16.5. The van der Waals surface area contributed by atoms with Crippen LogP contribution in [0.25, 0.3) is 11.3 Å². The average Bonchev–Trinajstić information content (AvgIpc) is 2.57. The van der Waals surface area contributed by atoms with E-state index in [1.165, 1.54) is 0 Å². The van der Waals surface area contributed by atoms with E-state index >= 15 is 0 Å². The maximum Gasteiger partial charge on any atom is 0.151 e. The van der Waals surface area contributed by atoms with Crippen molar-refractivity contribution >= 4 is 5.82 Å². The van der Waals surface area contributed by atoms with E-state index in [1.807, 2.05) is 43.3 Å². The lowest BCUT2D eigenvalue weighted by Gasteiger charge is -2.27. The summed E-state index contributed by atoms with van der Waals surface area (Å²) in [5, 5.41) is 12.0. The molecule has 1 aromatic heterocycles. The third-order valence-electron chi connectivity index (χ3n) is 3.55. The van der Waals surface area contributed by atoms with Crippen LogP contribution in [0.4, 0.5) is 5.82 Å². The van der Waals surface area contributed by atoms with E-state index in [2.05, 4.69) is 20.4 Å². The first kappa shape index (κ1) is 13.8. The Balaban J connectivity index is 1.73. The van der Waals surface area contributed by atoms with Crippen LogP contribution in [0.15, 0.2) is 36.4 Å². The number of aromatic nitrogens is 2. The van der Waals surface area contributed by atoms with Gasteiger partial charge in [0.05, 0.1) is 12.3 Å². The highest BCUT2D eigenvalue weighted by Crippen LogP contribution is 2.21. The number of anilines is 1. The lowest BCUT2D eigenvalue weighted by molar-refractivity contribution is 0.340. The van der Waals surface area contributed by atoms with Crippen molar-refractivity contribution in [3.8, 4) is 17.0 Å². The minimum Gasteiger partial charge on any atom is -0.494 e. The van der Waals surface area contributed by atoms with Crippen LogP contribution in [-0.4, -0.2) is 43.0 Å². The quantitative estimate of drug-likeness (QED) is 0.930. The van der Waals surface area contributed by atoms with Gasteiger partial charge in [-0.05, 0) is 43.3 Å². The molecular weight excluding hydrogens is 264 g/mol. The molecule has 1 fully saturated rings. The van der Waals surface area contributed by atoms with Gasteiger partial charge in [-0.1, -0.05) is 0 Å². The van der Waals surface area contributed by atoms with Gasteiger partial charge in [0.1, 0.15) is 5.75 Å². The third-order valence-corrected chi connectivity index (χ3v) is 3.55. The molecule has 1 saturated heterocycles. The van der Waals surface area contributed by atoms with E-state index in [0.717, 1.165) is 49.0 Å². The normalized spacial score (nSPS) is 15.0. The van der Waals surface area contributed by atoms with Crippen LogP contribution in [0.3, 0.4) is 0 Å². The molecule has 1 aliphatic rings. The zero-order valence-electron chi connectivity index (χ0n) is 12.2. The van der Waals surface area contributed by atoms with Crippen LogP contribution in [0, 0.1) is 0 Å². The summed E-state index contributed by atoms with van der Waals surface area (Å²) >= 11 is 0. The number of hydrogen-bond acceptors (Lipinski definition) is 5. The van der Waals surface area contributed by atoms with E-state index in [9.17, 15) is 0 Å². The summed E-state index contributed by atoms with van der Waals surface area (Å²) in [4.78, 5) is 2.26. The van der Waals surface area contributed by atoms with Crippen LogP contribution in [0.1, 0.15) is 6.92 Å². The molecule has 0 radical (unpaired) electrons. The lowest BCUT2D eigenvalue weighted by Crippen LogP contribution is -2.43. The standard InChI is InChI=1S/C16H20N4O/c1-2-21-14-5-3-13(4-6-14)15-7-8-16(19-18-15)20-11-9-17-10-12-20/h3-8,17H,2,9-12H2,1H3. The van der Waals surface area contributed by atoms with Crippen molar-refractivity contribution in [1.82, 2.24) is 15.5 Å². The Bertz CT molecular complexity index is 562. The van der Waals surface area contributed by atoms with Crippen LogP contribution in [-0.2, 0) is 0 Å². The second-order valence-electron chi connectivity index (χ2n) is 4.97. The van der Waals surface area contributed by atoms with Crippen molar-refractivity contribution in [3.63, 3.8) is 0 Å². The highest BCUT2D eigenvalue weighted by Gasteiger charge is 2.12. The van der Waals surface area contributed by atoms with Gasteiger partial charge in [0, 0.05) is 31.7 Å². The van der Waals surface area contributed by atoms with E-state index in [-0.39, 0.29) is 0 Å². The zero-order chi connectivity index (χ0) is 14.5. The van der Waals surface area contributed by atoms with Crippen LogP contribution in [0.5, 0.6) is 5.75 Å². The summed E-state index contributed by atoms with van der Waals surface area (Å²) in [5.74, 6) is 1.83. The Hall–Kier alpha value is -2.14. The van der Waals surface area contributed by atoms with Crippen molar-refractivity contribution in [2.45, 2.75) is 6.92 Å². The van der Waals surface area contributed by atoms with Crippen molar-refractivity contribution in [3.05, 3.63) is 36.4 Å². The Morgan fingerprint density at radius 2 is 1.81 bits per heavy atom. The third kappa shape index (κ3) is 3.31. The number of hydrogen-bond donors (Lipinski definition) is 1. The fourth-order valence-electron chi connectivity index (χ4n) is 2.43. The first-order chi connectivity index (χ1) is 10.4. The van der Waals surface area contributed by atoms with Crippen molar-refractivity contribution < 1.29 is 4.74 Å². The molecule has 0 spiro atoms. The first-order valence-corrected chi connectivity index (χ1v) is 7.39. The molecule has 1 aromatic carbocycles. The van der Waals surface area contributed by atoms with Gasteiger partial charge in [0.2, 0.25) is 0 Å². The maximum atomic E-state index is 5.45. The van der Waals surface area contributed by atoms with E-state index < -0.39 is 0 Å². The molecular formula is C16H20N4O. The molecule has 0 amide bonds. The minimum atomic E-state index is 0.679. The summed E-state index contributed by atoms with van der Waals surface area (Å²) in [6.07, 6.45) is 0. The number of rotatable bonds is 4. The van der Waals surface area contributed by atoms with Gasteiger partial charge in [0.25, 0.3) is 0 Å². The number of nitrogens with zero attached hydrogens (tertiary/aromatic N) is 3. The molecule has 0 atom stereocenters. The molecule has 2 aromatic rings. The Morgan fingerprint density at radius 3 is 2.43 bits per heavy atom. The van der Waals surface area contributed by atoms with E-state index in [0.29, 0.717) is 6.61 Å². The number of ether oxygens (including phenoxy) is 1. The van der Waals surface area contributed by atoms with Gasteiger partial charge in [-0.3, -0.25) is 0 Å². The molecule has 21 heavy (non-hydrogen) atoms. The molecule has 3 rings (SSSR count). The number of nitrogens with one attached hydrogen (secondary N) is 1. The molecule has 0 bridgehead atoms. The van der Waals surface area contributed by atoms with E-state index in [1.54, 1.807) is 0 Å². The Labute approximate surface area is 125 Å². The topological polar surface area (TPSA) is 50.3 Å². The Morgan fingerprint density at radius 1 is 1.05 bits per heavy atom. The molecule has 5 nitrogen and oxygen atoms in total. The summed E-state index contributed by atoms with van der Waals surface area (Å²) < 4.78 is 5.45. The minimum absolute atomic E-state index is 0.679. The summed E-state index contributed by atoms with van der Waals surface area (Å²) in [6, 6.07) is 12.0. The molecule has 0 saturated carbocycles. The van der Waals surface area contributed by atoms with Crippen molar-refractivity contribution in [1.29, 1.82) is 0 Å². The zero-order valence-corrected chi connectivity index (χ0v) is 12.2. The largest absolute Gasteiger partial charge is 0.494 e. The van der Waals surface area contributed by atoms with Gasteiger partial charge in [0.15, 0.2) is 5.82 Å². The predicted molar refractivity (Wildman–Crippen MR) is 83.7 cm³/mol. The number of benzene rings is 1. The molecule has 1 aliphatic heterocycles. The monoisotopic (exact) mass is 284 g/mol. The second kappa shape index (κ2) is 6.54. The second-order valence-corrected chi connectivity index (χ2v) is 4.97. The summed E-state index contributed by atoms with van der Waals surface area (Å²) in [7, 11) is 0. The lowest BCUT2D eigenvalue weighted by atomic mass is 10.1. The predicted octanol–water partition coefficient (Wildman–Crippen LogP) is 1.95. The van der Waals surface area contributed by atoms with Crippen molar-refractivity contribution in [2.24, 2.45) is 0 Å². The SMILES string of the molecule is CCOc1ccc(-c2ccc(N3CCNCC3)nn2)cc1. The van der Waals surface area contributed by atoms with Gasteiger partial charge in [-0.2, -0.15) is 0 Å². The summed E-state index contributed by atoms with van der Waals surface area (Å²) in [5.41, 5.74) is 1.94. The first-order valence-electron chi connectivity index (χ1n) is 7.39. The van der Waals surface area contributed by atoms with Gasteiger partial charge in [-0.25, -0.2) is 0 Å². The van der Waals surface area contributed by atoms with Crippen LogP contribution in [0.2, 0.25) is 0 Å². The average molecular weight is 284 g/mol. The van der Waals surface area contributed by atoms with Crippen LogP contribution < -0.4 is 15.0 Å². The number of piperazine rings is 1. The van der Waals surface area contributed by atoms with Gasteiger partial charge < -0.3 is 15.0 Å². The van der Waals surface area contributed by atoms with Crippen molar-refractivity contribution in [2.75, 3.05) is 37.7 Å². The molecule has 0 aliphatic carbocycles. The summed E-state index contributed by atoms with van der Waals surface area (Å²) in [6.45, 7) is 6.63. The fraction of sp³-hybridized carbons (Fsp3) is 0.375. The molecule has 2 heterocycles. The fourth-order valence-corrected chi connectivity index (χ4v) is 2.43. The molecule has 5 heteroatoms. The Kier molecular flexibility index (Phi) is 4.31. The smallest absolute Gasteiger partial charge is 0.151 e. The van der Waals surface area contributed by atoms with Gasteiger partial charge in [-0.15, -0.1) is 10.2 Å². The molecule has 0 unspecified atom stereocenters. The van der Waals surface area contributed by atoms with E-state index in [4.69, 9.17) is 4.74 Å².